The van der Waals surface area contributed by atoms with Crippen molar-refractivity contribution in [3.8, 4) is 6.07 Å². The molecule has 0 radical (unpaired) electrons. The number of carbonyl (C=O) groups is 3. The van der Waals surface area contributed by atoms with Crippen molar-refractivity contribution in [1.29, 1.82) is 5.26 Å². The summed E-state index contributed by atoms with van der Waals surface area (Å²) in [4.78, 5) is 52.0. The summed E-state index contributed by atoms with van der Waals surface area (Å²) in [5.74, 6) is 1.75. The third kappa shape index (κ3) is 4.41. The Morgan fingerprint density at radius 1 is 1.24 bits per heavy atom. The van der Waals surface area contributed by atoms with Gasteiger partial charge in [-0.2, -0.15) is 5.26 Å². The van der Waals surface area contributed by atoms with Gasteiger partial charge in [0, 0.05) is 37.9 Å². The number of aromatic nitrogens is 2. The number of likely N-dealkylation sites (N-methyl/N-ethyl adjacent to an activating group) is 1. The van der Waals surface area contributed by atoms with Gasteiger partial charge in [-0.1, -0.05) is 0 Å². The summed E-state index contributed by atoms with van der Waals surface area (Å²) in [7, 11) is 1.91. The minimum atomic E-state index is -0.369. The van der Waals surface area contributed by atoms with Crippen molar-refractivity contribution in [2.45, 2.75) is 45.1 Å². The highest BCUT2D eigenvalue weighted by atomic mass is 16.2. The number of urea groups is 1. The number of aryl methyl sites for hydroxylation is 1. The fourth-order valence-corrected chi connectivity index (χ4v) is 6.45. The molecule has 0 atom stereocenters. The number of rotatable bonds is 6. The largest absolute Gasteiger partial charge is 0.336 e. The predicted octanol–water partition coefficient (Wildman–Crippen LogP) is 2.76. The molecule has 3 aliphatic carbocycles. The van der Waals surface area contributed by atoms with E-state index >= 15 is 0 Å². The van der Waals surface area contributed by atoms with E-state index in [1.54, 1.807) is 9.80 Å². The standard InChI is InChI=1S/C28H31N7O3/c1-33-5-6-34(25(37)16-33)15-21-7-19-3-2-4-35(26(19)31-23(21)17-36)27(38)32-24-8-20(22(13-29)14-30-24)12-28-9-18(10-28)11-28/h7-8,14,17-18H,2-6,9-12,15-16H2,1H3,(H,30,32,38). The molecule has 1 N–H and O–H groups in total. The number of hydrogen-bond donors (Lipinski definition) is 1. The lowest BCUT2D eigenvalue weighted by Crippen LogP contribution is -2.53. The Labute approximate surface area is 221 Å². The first-order valence-electron chi connectivity index (χ1n) is 13.3. The summed E-state index contributed by atoms with van der Waals surface area (Å²) in [5.41, 5.74) is 3.63. The van der Waals surface area contributed by atoms with Gasteiger partial charge in [0.2, 0.25) is 5.91 Å². The molecule has 5 aliphatic rings. The summed E-state index contributed by atoms with van der Waals surface area (Å²) in [6.07, 6.45) is 8.23. The molecule has 10 heteroatoms. The molecule has 2 aliphatic heterocycles. The van der Waals surface area contributed by atoms with Crippen LogP contribution in [-0.4, -0.2) is 71.2 Å². The number of carbonyl (C=O) groups excluding carboxylic acids is 3. The molecule has 38 heavy (non-hydrogen) atoms. The number of hydrogen-bond acceptors (Lipinski definition) is 7. The van der Waals surface area contributed by atoms with Gasteiger partial charge in [-0.25, -0.2) is 14.8 Å². The van der Waals surface area contributed by atoms with Crippen LogP contribution in [0, 0.1) is 22.7 Å². The van der Waals surface area contributed by atoms with Crippen molar-refractivity contribution in [2.24, 2.45) is 11.3 Å². The predicted molar refractivity (Wildman–Crippen MR) is 140 cm³/mol. The topological polar surface area (TPSA) is 123 Å². The summed E-state index contributed by atoms with van der Waals surface area (Å²) in [6.45, 7) is 2.53. The van der Waals surface area contributed by atoms with Gasteiger partial charge in [0.1, 0.15) is 23.4 Å². The molecule has 0 unspecified atom stereocenters. The molecule has 10 nitrogen and oxygen atoms in total. The second-order valence-electron chi connectivity index (χ2n) is 11.4. The van der Waals surface area contributed by atoms with Crippen LogP contribution >= 0.6 is 0 Å². The molecule has 2 aromatic heterocycles. The third-order valence-electron chi connectivity index (χ3n) is 8.58. The first-order valence-corrected chi connectivity index (χ1v) is 13.3. The lowest BCUT2D eigenvalue weighted by Gasteiger charge is -2.62. The van der Waals surface area contributed by atoms with Crippen molar-refractivity contribution >= 4 is 29.9 Å². The van der Waals surface area contributed by atoms with Crippen molar-refractivity contribution in [1.82, 2.24) is 19.8 Å². The van der Waals surface area contributed by atoms with E-state index < -0.39 is 0 Å². The van der Waals surface area contributed by atoms with Crippen LogP contribution in [0.3, 0.4) is 0 Å². The first kappa shape index (κ1) is 24.5. The fraction of sp³-hybridized carbons (Fsp3) is 0.500. The Kier molecular flexibility index (Phi) is 6.11. The highest BCUT2D eigenvalue weighted by Crippen LogP contribution is 2.65. The number of nitrogens with one attached hydrogen (secondary N) is 1. The Morgan fingerprint density at radius 2 is 2.05 bits per heavy atom. The molecule has 2 bridgehead atoms. The maximum Gasteiger partial charge on any atom is 0.328 e. The number of amides is 3. The zero-order chi connectivity index (χ0) is 26.4. The molecule has 3 amide bonds. The van der Waals surface area contributed by atoms with E-state index in [1.807, 2.05) is 24.1 Å². The molecule has 4 heterocycles. The highest BCUT2D eigenvalue weighted by Gasteiger charge is 2.56. The molecule has 3 saturated carbocycles. The Bertz CT molecular complexity index is 1350. The number of aldehydes is 1. The molecule has 196 valence electrons. The monoisotopic (exact) mass is 513 g/mol. The lowest BCUT2D eigenvalue weighted by atomic mass is 9.43. The summed E-state index contributed by atoms with van der Waals surface area (Å²) >= 11 is 0. The number of fused-ring (bicyclic) bond motifs is 1. The minimum absolute atomic E-state index is 0.0256. The van der Waals surface area contributed by atoms with Crippen LogP contribution in [0.25, 0.3) is 0 Å². The second-order valence-corrected chi connectivity index (χ2v) is 11.4. The van der Waals surface area contributed by atoms with Gasteiger partial charge in [0.25, 0.3) is 0 Å². The first-order chi connectivity index (χ1) is 18.4. The molecule has 2 aromatic rings. The van der Waals surface area contributed by atoms with E-state index in [9.17, 15) is 19.6 Å². The average Bonchev–Trinajstić information content (AvgIpc) is 2.86. The van der Waals surface area contributed by atoms with E-state index in [2.05, 4.69) is 21.4 Å². The fourth-order valence-electron chi connectivity index (χ4n) is 6.45. The molecular weight excluding hydrogens is 482 g/mol. The minimum Gasteiger partial charge on any atom is -0.336 e. The van der Waals surface area contributed by atoms with Gasteiger partial charge in [0.05, 0.1) is 12.1 Å². The summed E-state index contributed by atoms with van der Waals surface area (Å²) < 4.78 is 0. The van der Waals surface area contributed by atoms with Crippen LogP contribution in [0.1, 0.15) is 58.4 Å². The van der Waals surface area contributed by atoms with E-state index in [4.69, 9.17) is 0 Å². The zero-order valence-corrected chi connectivity index (χ0v) is 21.6. The van der Waals surface area contributed by atoms with Gasteiger partial charge in [-0.3, -0.25) is 24.7 Å². The van der Waals surface area contributed by atoms with Gasteiger partial charge in [0.15, 0.2) is 6.29 Å². The lowest BCUT2D eigenvalue weighted by molar-refractivity contribution is -0.136. The van der Waals surface area contributed by atoms with Crippen LogP contribution in [0.15, 0.2) is 18.3 Å². The Balaban J connectivity index is 1.21. The van der Waals surface area contributed by atoms with Crippen LogP contribution in [0.4, 0.5) is 16.4 Å². The SMILES string of the molecule is CN1CCN(Cc2cc3c(nc2C=O)N(C(=O)Nc2cc(CC45CC(C4)C5)c(C#N)cn2)CCC3)C(=O)C1. The smallest absolute Gasteiger partial charge is 0.328 e. The molecular formula is C28H31N7O3. The van der Waals surface area contributed by atoms with E-state index in [1.165, 1.54) is 25.5 Å². The van der Waals surface area contributed by atoms with E-state index in [-0.39, 0.29) is 17.6 Å². The number of nitrogens with zero attached hydrogens (tertiary/aromatic N) is 6. The summed E-state index contributed by atoms with van der Waals surface area (Å²) in [6, 6.07) is 5.60. The molecule has 0 spiro atoms. The van der Waals surface area contributed by atoms with Crippen molar-refractivity contribution in [3.63, 3.8) is 0 Å². The van der Waals surface area contributed by atoms with E-state index in [0.717, 1.165) is 42.9 Å². The van der Waals surface area contributed by atoms with Crippen molar-refractivity contribution in [2.75, 3.05) is 43.4 Å². The molecule has 4 fully saturated rings. The van der Waals surface area contributed by atoms with Crippen LogP contribution in [0.5, 0.6) is 0 Å². The van der Waals surface area contributed by atoms with Gasteiger partial charge in [-0.15, -0.1) is 0 Å². The van der Waals surface area contributed by atoms with Crippen molar-refractivity contribution in [3.05, 3.63) is 46.3 Å². The number of nitriles is 1. The Hall–Kier alpha value is -3.84. The number of anilines is 2. The van der Waals surface area contributed by atoms with E-state index in [0.29, 0.717) is 60.6 Å². The maximum absolute atomic E-state index is 13.4. The van der Waals surface area contributed by atoms with Crippen molar-refractivity contribution < 1.29 is 14.4 Å². The highest BCUT2D eigenvalue weighted by molar-refractivity contribution is 6.01. The molecule has 0 aromatic carbocycles. The van der Waals surface area contributed by atoms with Crippen LogP contribution < -0.4 is 10.2 Å². The van der Waals surface area contributed by atoms with Gasteiger partial charge >= 0.3 is 6.03 Å². The maximum atomic E-state index is 13.4. The Morgan fingerprint density at radius 3 is 2.74 bits per heavy atom. The summed E-state index contributed by atoms with van der Waals surface area (Å²) in [5, 5.41) is 12.4. The third-order valence-corrected chi connectivity index (χ3v) is 8.58. The quantitative estimate of drug-likeness (QED) is 0.589. The van der Waals surface area contributed by atoms with Crippen LogP contribution in [-0.2, 0) is 24.2 Å². The second kappa shape index (κ2) is 9.48. The zero-order valence-electron chi connectivity index (χ0n) is 21.6. The van der Waals surface area contributed by atoms with Gasteiger partial charge in [-0.05, 0) is 80.2 Å². The van der Waals surface area contributed by atoms with Gasteiger partial charge < -0.3 is 4.90 Å². The number of piperazine rings is 1. The van der Waals surface area contributed by atoms with Crippen LogP contribution in [0.2, 0.25) is 0 Å². The average molecular weight is 514 g/mol. The molecule has 7 rings (SSSR count). The normalized spacial score (nSPS) is 24.1. The number of pyridine rings is 2. The molecule has 1 saturated heterocycles.